The third-order valence-electron chi connectivity index (χ3n) is 4.31. The van der Waals surface area contributed by atoms with Crippen LogP contribution in [0.5, 0.6) is 0 Å². The summed E-state index contributed by atoms with van der Waals surface area (Å²) in [5, 5.41) is 7.84. The molecule has 0 fully saturated rings. The topological polar surface area (TPSA) is 96.1 Å². The van der Waals surface area contributed by atoms with E-state index in [4.69, 9.17) is 4.42 Å². The number of carbonyl (C=O) groups is 2. The van der Waals surface area contributed by atoms with Crippen LogP contribution in [0.1, 0.15) is 46.1 Å². The Morgan fingerprint density at radius 3 is 1.45 bits per heavy atom. The van der Waals surface area contributed by atoms with Crippen molar-refractivity contribution in [3.63, 3.8) is 0 Å². The molecule has 1 heterocycles. The maximum absolute atomic E-state index is 12.2. The summed E-state index contributed by atoms with van der Waals surface area (Å²) >= 11 is 0. The fraction of sp³-hybridized carbons (Fsp3) is 0.0769. The van der Waals surface area contributed by atoms with Gasteiger partial charge in [-0.2, -0.15) is 10.2 Å². The summed E-state index contributed by atoms with van der Waals surface area (Å²) in [6, 6.07) is 22.3. The van der Waals surface area contributed by atoms with Gasteiger partial charge in [0.1, 0.15) is 0 Å². The molecule has 0 unspecified atom stereocenters. The van der Waals surface area contributed by atoms with Gasteiger partial charge < -0.3 is 4.42 Å². The quantitative estimate of drug-likeness (QED) is 0.384. The normalized spacial score (nSPS) is 12.3. The van der Waals surface area contributed by atoms with Crippen molar-refractivity contribution in [3.8, 4) is 0 Å². The number of furan rings is 1. The van der Waals surface area contributed by atoms with Crippen LogP contribution < -0.4 is 10.9 Å². The number of allylic oxidation sites excluding steroid dienone is 2. The number of benzene rings is 2. The highest BCUT2D eigenvalue weighted by Gasteiger charge is 2.15. The molecule has 3 rings (SSSR count). The summed E-state index contributed by atoms with van der Waals surface area (Å²) in [4.78, 5) is 24.4. The Balaban J connectivity index is 1.51. The second kappa shape index (κ2) is 11.8. The summed E-state index contributed by atoms with van der Waals surface area (Å²) in [6.07, 6.45) is 6.92. The van der Waals surface area contributed by atoms with Crippen LogP contribution in [-0.4, -0.2) is 24.2 Å². The molecule has 0 aliphatic rings. The van der Waals surface area contributed by atoms with E-state index < -0.39 is 11.8 Å². The molecular weight excluding hydrogens is 416 g/mol. The molecule has 0 saturated carbocycles. The molecule has 7 nitrogen and oxygen atoms in total. The van der Waals surface area contributed by atoms with E-state index in [2.05, 4.69) is 21.1 Å². The first kappa shape index (κ1) is 23.1. The third kappa shape index (κ3) is 7.59. The van der Waals surface area contributed by atoms with Gasteiger partial charge in [-0.1, -0.05) is 72.8 Å². The van der Waals surface area contributed by atoms with E-state index in [1.807, 2.05) is 86.7 Å². The lowest BCUT2D eigenvalue weighted by Gasteiger charge is -1.98. The van der Waals surface area contributed by atoms with Gasteiger partial charge in [0, 0.05) is 0 Å². The molecule has 33 heavy (non-hydrogen) atoms. The van der Waals surface area contributed by atoms with Crippen molar-refractivity contribution < 1.29 is 14.0 Å². The number of hydrazone groups is 2. The number of amides is 2. The van der Waals surface area contributed by atoms with Crippen molar-refractivity contribution >= 4 is 36.4 Å². The summed E-state index contributed by atoms with van der Waals surface area (Å²) < 4.78 is 5.31. The highest BCUT2D eigenvalue weighted by molar-refractivity contribution is 5.96. The zero-order chi connectivity index (χ0) is 23.5. The van der Waals surface area contributed by atoms with E-state index in [1.165, 1.54) is 24.6 Å². The number of nitrogens with zero attached hydrogens (tertiary/aromatic N) is 2. The van der Waals surface area contributed by atoms with Crippen LogP contribution in [0.4, 0.5) is 0 Å². The van der Waals surface area contributed by atoms with Crippen molar-refractivity contribution in [2.75, 3.05) is 0 Å². The van der Waals surface area contributed by atoms with Crippen molar-refractivity contribution in [2.24, 2.45) is 10.2 Å². The van der Waals surface area contributed by atoms with Crippen LogP contribution in [-0.2, 0) is 0 Å². The molecule has 3 aromatic rings. The maximum atomic E-state index is 12.2. The van der Waals surface area contributed by atoms with Crippen LogP contribution in [0.15, 0.2) is 98.6 Å². The fourth-order valence-corrected chi connectivity index (χ4v) is 2.78. The molecule has 0 bridgehead atoms. The Hall–Kier alpha value is -4.52. The van der Waals surface area contributed by atoms with Gasteiger partial charge in [-0.25, -0.2) is 10.9 Å². The molecule has 0 aliphatic carbocycles. The van der Waals surface area contributed by atoms with Gasteiger partial charge in [0.15, 0.2) is 11.5 Å². The van der Waals surface area contributed by atoms with Gasteiger partial charge in [-0.3, -0.25) is 9.59 Å². The second-order valence-electron chi connectivity index (χ2n) is 7.16. The third-order valence-corrected chi connectivity index (χ3v) is 4.31. The lowest BCUT2D eigenvalue weighted by Crippen LogP contribution is -2.18. The first-order valence-electron chi connectivity index (χ1n) is 10.2. The van der Waals surface area contributed by atoms with Crippen molar-refractivity contribution in [3.05, 3.63) is 107 Å². The van der Waals surface area contributed by atoms with Gasteiger partial charge >= 0.3 is 11.8 Å². The molecular formula is C26H24N4O3. The molecule has 2 aromatic carbocycles. The number of carbonyl (C=O) groups excluding carboxylic acids is 2. The van der Waals surface area contributed by atoms with Gasteiger partial charge in [0.25, 0.3) is 0 Å². The fourth-order valence-electron chi connectivity index (χ4n) is 2.78. The lowest BCUT2D eigenvalue weighted by atomic mass is 10.1. The van der Waals surface area contributed by atoms with Gasteiger partial charge in [-0.15, -0.1) is 0 Å². The predicted octanol–water partition coefficient (Wildman–Crippen LogP) is 4.92. The average Bonchev–Trinajstić information content (AvgIpc) is 3.31. The van der Waals surface area contributed by atoms with Gasteiger partial charge in [-0.05, 0) is 48.3 Å². The zero-order valence-corrected chi connectivity index (χ0v) is 18.4. The Kier molecular flexibility index (Phi) is 8.25. The number of nitrogens with one attached hydrogen (secondary N) is 2. The number of hydrogen-bond donors (Lipinski definition) is 2. The smallest absolute Gasteiger partial charge is 0.307 e. The molecule has 0 radical (unpaired) electrons. The summed E-state index contributed by atoms with van der Waals surface area (Å²) in [7, 11) is 0. The molecule has 7 heteroatoms. The summed E-state index contributed by atoms with van der Waals surface area (Å²) in [5.74, 6) is -1.21. The molecule has 0 atom stereocenters. The van der Waals surface area contributed by atoms with Gasteiger partial charge in [0.2, 0.25) is 0 Å². The van der Waals surface area contributed by atoms with Crippen LogP contribution in [0.25, 0.3) is 12.2 Å². The average molecular weight is 441 g/mol. The minimum atomic E-state index is -0.567. The van der Waals surface area contributed by atoms with E-state index in [9.17, 15) is 9.59 Å². The largest absolute Gasteiger partial charge is 0.446 e. The first-order chi connectivity index (χ1) is 16.0. The van der Waals surface area contributed by atoms with Crippen molar-refractivity contribution in [1.82, 2.24) is 10.9 Å². The van der Waals surface area contributed by atoms with Crippen molar-refractivity contribution in [2.45, 2.75) is 13.8 Å². The minimum absolute atomic E-state index is 0.0360. The zero-order valence-electron chi connectivity index (χ0n) is 18.4. The predicted molar refractivity (Wildman–Crippen MR) is 131 cm³/mol. The molecule has 0 spiro atoms. The molecule has 0 saturated heterocycles. The highest BCUT2D eigenvalue weighted by atomic mass is 16.4. The molecule has 2 N–H and O–H groups in total. The SMILES string of the molecule is CC(/C=N\NC(=O)c1ccc(C(=O)N/N=C/C(C)=C/c2ccccc2)o1)=C\c1ccccc1. The monoisotopic (exact) mass is 440 g/mol. The number of hydrogen-bond acceptors (Lipinski definition) is 5. The maximum Gasteiger partial charge on any atom is 0.307 e. The van der Waals surface area contributed by atoms with E-state index in [0.29, 0.717) is 0 Å². The van der Waals surface area contributed by atoms with Crippen LogP contribution in [0, 0.1) is 0 Å². The second-order valence-corrected chi connectivity index (χ2v) is 7.16. The van der Waals surface area contributed by atoms with E-state index in [0.717, 1.165) is 22.3 Å². The van der Waals surface area contributed by atoms with E-state index in [1.54, 1.807) is 0 Å². The van der Waals surface area contributed by atoms with Crippen LogP contribution in [0.3, 0.4) is 0 Å². The Labute approximate surface area is 192 Å². The molecule has 0 aliphatic heterocycles. The number of rotatable bonds is 8. The standard InChI is InChI=1S/C26H24N4O3/c1-19(15-21-9-5-3-6-10-21)17-27-29-25(31)23-13-14-24(33-23)26(32)30-28-18-20(2)16-22-11-7-4-8-12-22/h3-18H,1-2H3,(H,29,31)(H,30,32)/b19-15+,20-16+,27-17-,28-18+. The Morgan fingerprint density at radius 2 is 1.06 bits per heavy atom. The Morgan fingerprint density at radius 1 is 0.667 bits per heavy atom. The molecule has 2 amide bonds. The lowest BCUT2D eigenvalue weighted by molar-refractivity contribution is 0.0902. The molecule has 166 valence electrons. The summed E-state index contributed by atoms with van der Waals surface area (Å²) in [5.41, 5.74) is 8.53. The first-order valence-corrected chi connectivity index (χ1v) is 10.2. The van der Waals surface area contributed by atoms with E-state index >= 15 is 0 Å². The van der Waals surface area contributed by atoms with Crippen LogP contribution >= 0.6 is 0 Å². The van der Waals surface area contributed by atoms with Crippen LogP contribution in [0.2, 0.25) is 0 Å². The molecule has 1 aromatic heterocycles. The van der Waals surface area contributed by atoms with Gasteiger partial charge in [0.05, 0.1) is 12.4 Å². The van der Waals surface area contributed by atoms with Crippen molar-refractivity contribution in [1.29, 1.82) is 0 Å². The van der Waals surface area contributed by atoms with E-state index in [-0.39, 0.29) is 11.5 Å². The Bertz CT molecular complexity index is 1110. The highest BCUT2D eigenvalue weighted by Crippen LogP contribution is 2.09. The summed E-state index contributed by atoms with van der Waals surface area (Å²) in [6.45, 7) is 3.74. The minimum Gasteiger partial charge on any atom is -0.446 e.